The van der Waals surface area contributed by atoms with Crippen LogP contribution in [0.15, 0.2) is 18.3 Å². The lowest BCUT2D eigenvalue weighted by molar-refractivity contribution is -0.141. The van der Waals surface area contributed by atoms with Crippen molar-refractivity contribution in [3.8, 4) is 0 Å². The number of carbonyl (C=O) groups excluding carboxylic acids is 1. The van der Waals surface area contributed by atoms with E-state index in [1.54, 1.807) is 0 Å². The molecule has 1 aromatic heterocycles. The molecule has 0 aromatic carbocycles. The second-order valence-corrected chi connectivity index (χ2v) is 5.14. The van der Waals surface area contributed by atoms with E-state index in [1.165, 1.54) is 18.9 Å². The second-order valence-electron chi connectivity index (χ2n) is 5.14. The zero-order valence-corrected chi connectivity index (χ0v) is 12.7. The van der Waals surface area contributed by atoms with Crippen LogP contribution in [0.2, 0.25) is 0 Å². The molecule has 9 heteroatoms. The number of carbonyl (C=O) groups is 2. The third-order valence-corrected chi connectivity index (χ3v) is 3.12. The number of aromatic nitrogens is 1. The van der Waals surface area contributed by atoms with E-state index in [4.69, 9.17) is 5.11 Å². The molecule has 0 bridgehead atoms. The number of alkyl halides is 3. The summed E-state index contributed by atoms with van der Waals surface area (Å²) in [5, 5.41) is 11.3. The molecule has 1 heterocycles. The molecule has 128 valence electrons. The van der Waals surface area contributed by atoms with Crippen molar-refractivity contribution in [2.75, 3.05) is 20.1 Å². The van der Waals surface area contributed by atoms with Crippen LogP contribution < -0.4 is 5.32 Å². The molecule has 0 spiro atoms. The van der Waals surface area contributed by atoms with E-state index in [1.807, 2.05) is 0 Å². The number of hydrogen-bond acceptors (Lipinski definition) is 3. The normalized spacial score (nSPS) is 12.6. The highest BCUT2D eigenvalue weighted by Crippen LogP contribution is 2.28. The minimum absolute atomic E-state index is 0.0307. The minimum Gasteiger partial charge on any atom is -0.481 e. The monoisotopic (exact) mass is 333 g/mol. The minimum atomic E-state index is -4.44. The molecule has 0 aliphatic carbocycles. The molecule has 0 saturated carbocycles. The fourth-order valence-corrected chi connectivity index (χ4v) is 1.80. The molecule has 1 aromatic rings. The fraction of sp³-hybridized carbons (Fsp3) is 0.500. The zero-order valence-electron chi connectivity index (χ0n) is 12.7. The zero-order chi connectivity index (χ0) is 17.6. The maximum atomic E-state index is 12.6. The summed E-state index contributed by atoms with van der Waals surface area (Å²) >= 11 is 0. The maximum Gasteiger partial charge on any atom is 0.416 e. The number of carboxylic acids is 1. The molecule has 1 rings (SSSR count). The van der Waals surface area contributed by atoms with Crippen LogP contribution in [0, 0.1) is 5.92 Å². The van der Waals surface area contributed by atoms with Gasteiger partial charge < -0.3 is 15.3 Å². The molecule has 1 atom stereocenters. The standard InChI is InChI=1S/C14H18F3N3O3/c1-9(12(21)22)8-20(2)13(23)19-6-4-11-7-10(3-5-18-11)14(15,16)17/h3,5,7,9H,4,6,8H2,1-2H3,(H,19,23)(H,21,22). The van der Waals surface area contributed by atoms with Gasteiger partial charge in [-0.15, -0.1) is 0 Å². The highest BCUT2D eigenvalue weighted by atomic mass is 19.4. The van der Waals surface area contributed by atoms with E-state index >= 15 is 0 Å². The first-order valence-electron chi connectivity index (χ1n) is 6.85. The first kappa shape index (κ1) is 18.7. The summed E-state index contributed by atoms with van der Waals surface area (Å²) in [4.78, 5) is 27.5. The number of halogens is 3. The van der Waals surface area contributed by atoms with Gasteiger partial charge in [0.25, 0.3) is 0 Å². The summed E-state index contributed by atoms with van der Waals surface area (Å²) in [7, 11) is 1.44. The summed E-state index contributed by atoms with van der Waals surface area (Å²) in [6, 6.07) is 1.32. The predicted octanol–water partition coefficient (Wildman–Crippen LogP) is 2.00. The molecule has 0 fully saturated rings. The third-order valence-electron chi connectivity index (χ3n) is 3.12. The van der Waals surface area contributed by atoms with Crippen LogP contribution >= 0.6 is 0 Å². The van der Waals surface area contributed by atoms with Crippen LogP contribution in [0.4, 0.5) is 18.0 Å². The van der Waals surface area contributed by atoms with Crippen molar-refractivity contribution in [1.29, 1.82) is 0 Å². The number of amides is 2. The van der Waals surface area contributed by atoms with Crippen LogP contribution in [0.25, 0.3) is 0 Å². The number of pyridine rings is 1. The molecule has 0 saturated heterocycles. The number of aliphatic carboxylic acids is 1. The molecule has 23 heavy (non-hydrogen) atoms. The SMILES string of the molecule is CC(CN(C)C(=O)NCCc1cc(C(F)(F)F)ccn1)C(=O)O. The molecule has 2 amide bonds. The molecule has 2 N–H and O–H groups in total. The van der Waals surface area contributed by atoms with Gasteiger partial charge in [0.05, 0.1) is 11.5 Å². The Kier molecular flexibility index (Phi) is 6.35. The van der Waals surface area contributed by atoms with E-state index in [-0.39, 0.29) is 25.2 Å². The van der Waals surface area contributed by atoms with Crippen LogP contribution in [-0.2, 0) is 17.4 Å². The average molecular weight is 333 g/mol. The van der Waals surface area contributed by atoms with Crippen molar-refractivity contribution < 1.29 is 27.9 Å². The highest BCUT2D eigenvalue weighted by molar-refractivity contribution is 5.75. The van der Waals surface area contributed by atoms with Crippen molar-refractivity contribution in [3.05, 3.63) is 29.6 Å². The molecule has 0 aliphatic heterocycles. The summed E-state index contributed by atoms with van der Waals surface area (Å²) in [6.07, 6.45) is -3.23. The van der Waals surface area contributed by atoms with Crippen molar-refractivity contribution in [2.45, 2.75) is 19.5 Å². The number of nitrogens with one attached hydrogen (secondary N) is 1. The van der Waals surface area contributed by atoms with E-state index in [0.29, 0.717) is 0 Å². The van der Waals surface area contributed by atoms with E-state index in [2.05, 4.69) is 10.3 Å². The van der Waals surface area contributed by atoms with Gasteiger partial charge in [-0.1, -0.05) is 6.92 Å². The van der Waals surface area contributed by atoms with Crippen molar-refractivity contribution in [3.63, 3.8) is 0 Å². The lowest BCUT2D eigenvalue weighted by atomic mass is 10.2. The Bertz CT molecular complexity index is 564. The molecule has 0 radical (unpaired) electrons. The first-order chi connectivity index (χ1) is 10.6. The lowest BCUT2D eigenvalue weighted by Gasteiger charge is -2.20. The molecule has 1 unspecified atom stereocenters. The van der Waals surface area contributed by atoms with Crippen LogP contribution in [0.3, 0.4) is 0 Å². The maximum absolute atomic E-state index is 12.6. The van der Waals surface area contributed by atoms with Gasteiger partial charge >= 0.3 is 18.2 Å². The van der Waals surface area contributed by atoms with Gasteiger partial charge in [-0.05, 0) is 12.1 Å². The van der Waals surface area contributed by atoms with Gasteiger partial charge in [-0.25, -0.2) is 4.79 Å². The Morgan fingerprint density at radius 3 is 2.65 bits per heavy atom. The van der Waals surface area contributed by atoms with Gasteiger partial charge in [0.15, 0.2) is 0 Å². The summed E-state index contributed by atoms with van der Waals surface area (Å²) in [5.74, 6) is -1.73. The van der Waals surface area contributed by atoms with E-state index in [9.17, 15) is 22.8 Å². The number of hydrogen-bond donors (Lipinski definition) is 2. The summed E-state index contributed by atoms with van der Waals surface area (Å²) in [6.45, 7) is 1.60. The number of nitrogens with zero attached hydrogens (tertiary/aromatic N) is 2. The lowest BCUT2D eigenvalue weighted by Crippen LogP contribution is -2.41. The number of rotatable bonds is 6. The van der Waals surface area contributed by atoms with Crippen LogP contribution in [-0.4, -0.2) is 47.1 Å². The second kappa shape index (κ2) is 7.80. The largest absolute Gasteiger partial charge is 0.481 e. The Morgan fingerprint density at radius 2 is 2.09 bits per heavy atom. The Labute approximate surface area is 131 Å². The summed E-state index contributed by atoms with van der Waals surface area (Å²) in [5.41, 5.74) is -0.581. The van der Waals surface area contributed by atoms with E-state index in [0.717, 1.165) is 18.3 Å². The van der Waals surface area contributed by atoms with Gasteiger partial charge in [0.2, 0.25) is 0 Å². The topological polar surface area (TPSA) is 82.5 Å². The summed E-state index contributed by atoms with van der Waals surface area (Å²) < 4.78 is 37.7. The molecular weight excluding hydrogens is 315 g/mol. The van der Waals surface area contributed by atoms with Crippen molar-refractivity contribution in [1.82, 2.24) is 15.2 Å². The quantitative estimate of drug-likeness (QED) is 0.834. The van der Waals surface area contributed by atoms with E-state index < -0.39 is 29.7 Å². The third kappa shape index (κ3) is 6.13. The number of carboxylic acid groups (broad SMARTS) is 1. The molecular formula is C14H18F3N3O3. The van der Waals surface area contributed by atoms with Gasteiger partial charge in [-0.3, -0.25) is 9.78 Å². The average Bonchev–Trinajstić information content (AvgIpc) is 2.46. The van der Waals surface area contributed by atoms with Gasteiger partial charge in [0.1, 0.15) is 0 Å². The Balaban J connectivity index is 2.48. The molecule has 6 nitrogen and oxygen atoms in total. The smallest absolute Gasteiger partial charge is 0.416 e. The Morgan fingerprint density at radius 1 is 1.43 bits per heavy atom. The predicted molar refractivity (Wildman–Crippen MR) is 75.8 cm³/mol. The van der Waals surface area contributed by atoms with Crippen LogP contribution in [0.5, 0.6) is 0 Å². The van der Waals surface area contributed by atoms with Gasteiger partial charge in [-0.2, -0.15) is 13.2 Å². The first-order valence-corrected chi connectivity index (χ1v) is 6.85. The number of urea groups is 1. The van der Waals surface area contributed by atoms with Crippen molar-refractivity contribution >= 4 is 12.0 Å². The Hall–Kier alpha value is -2.32. The highest BCUT2D eigenvalue weighted by Gasteiger charge is 2.30. The van der Waals surface area contributed by atoms with Crippen molar-refractivity contribution in [2.24, 2.45) is 5.92 Å². The van der Waals surface area contributed by atoms with Crippen LogP contribution in [0.1, 0.15) is 18.2 Å². The van der Waals surface area contributed by atoms with Gasteiger partial charge in [0, 0.05) is 38.4 Å². The molecule has 0 aliphatic rings. The fourth-order valence-electron chi connectivity index (χ4n) is 1.80.